The maximum Gasteiger partial charge on any atom is 0.246 e. The topological polar surface area (TPSA) is 75.2 Å². The third-order valence-corrected chi connectivity index (χ3v) is 5.13. The van der Waals surface area contributed by atoms with Gasteiger partial charge in [-0.05, 0) is 56.0 Å². The van der Waals surface area contributed by atoms with E-state index in [0.29, 0.717) is 25.7 Å². The summed E-state index contributed by atoms with van der Waals surface area (Å²) >= 11 is 0. The Morgan fingerprint density at radius 1 is 1.06 bits per heavy atom. The van der Waals surface area contributed by atoms with Crippen LogP contribution in [0.3, 0.4) is 0 Å². The van der Waals surface area contributed by atoms with E-state index in [4.69, 9.17) is 9.47 Å². The fourth-order valence-corrected chi connectivity index (χ4v) is 3.65. The molecule has 1 aliphatic rings. The number of hydrogen-bond donors (Lipinski definition) is 2. The van der Waals surface area contributed by atoms with Crippen LogP contribution >= 0.6 is 24.0 Å². The zero-order chi connectivity index (χ0) is 22.1. The van der Waals surface area contributed by atoms with Crippen molar-refractivity contribution in [3.63, 3.8) is 0 Å². The van der Waals surface area contributed by atoms with Gasteiger partial charge in [-0.25, -0.2) is 0 Å². The number of halogens is 1. The standard InChI is InChI=1S/C24H32N4O3.HI/c1-4-30-21-11-10-18(16-22(21)31-5-2)12-14-26-24(25-3)27-17-23(29)28-15-13-19-8-6-7-9-20(19)28;/h6-11,16H,4-5,12-15,17H2,1-3H3,(H2,25,26,27);1H. The number of guanidine groups is 1. The number of aliphatic imine (C=N–C) groups is 1. The van der Waals surface area contributed by atoms with Crippen LogP contribution in [0.15, 0.2) is 47.5 Å². The number of anilines is 1. The van der Waals surface area contributed by atoms with Gasteiger partial charge in [-0.15, -0.1) is 24.0 Å². The van der Waals surface area contributed by atoms with Gasteiger partial charge in [0.25, 0.3) is 0 Å². The predicted molar refractivity (Wildman–Crippen MR) is 140 cm³/mol. The highest BCUT2D eigenvalue weighted by atomic mass is 127. The molecule has 0 spiro atoms. The van der Waals surface area contributed by atoms with Crippen LogP contribution in [-0.2, 0) is 17.6 Å². The molecule has 0 unspecified atom stereocenters. The monoisotopic (exact) mass is 552 g/mol. The van der Waals surface area contributed by atoms with Gasteiger partial charge >= 0.3 is 0 Å². The minimum Gasteiger partial charge on any atom is -0.490 e. The van der Waals surface area contributed by atoms with E-state index >= 15 is 0 Å². The summed E-state index contributed by atoms with van der Waals surface area (Å²) in [4.78, 5) is 18.7. The van der Waals surface area contributed by atoms with E-state index in [2.05, 4.69) is 21.7 Å². The van der Waals surface area contributed by atoms with Crippen molar-refractivity contribution in [2.45, 2.75) is 26.7 Å². The Hall–Kier alpha value is -2.49. The fourth-order valence-electron chi connectivity index (χ4n) is 3.65. The van der Waals surface area contributed by atoms with Crippen LogP contribution < -0.4 is 25.0 Å². The summed E-state index contributed by atoms with van der Waals surface area (Å²) in [6.07, 6.45) is 1.70. The molecule has 1 amide bonds. The molecule has 174 valence electrons. The van der Waals surface area contributed by atoms with Crippen molar-refractivity contribution >= 4 is 41.5 Å². The van der Waals surface area contributed by atoms with Crippen molar-refractivity contribution < 1.29 is 14.3 Å². The first-order valence-electron chi connectivity index (χ1n) is 10.9. The smallest absolute Gasteiger partial charge is 0.246 e. The second kappa shape index (κ2) is 13.1. The first kappa shape index (κ1) is 25.8. The Bertz CT molecular complexity index is 920. The molecule has 2 aromatic carbocycles. The van der Waals surface area contributed by atoms with E-state index in [9.17, 15) is 4.79 Å². The number of amides is 1. The maximum absolute atomic E-state index is 12.7. The number of carbonyl (C=O) groups excluding carboxylic acids is 1. The van der Waals surface area contributed by atoms with Crippen LogP contribution in [0, 0.1) is 0 Å². The Morgan fingerprint density at radius 2 is 1.81 bits per heavy atom. The number of benzene rings is 2. The van der Waals surface area contributed by atoms with Gasteiger partial charge in [-0.2, -0.15) is 0 Å². The van der Waals surface area contributed by atoms with Crippen molar-refractivity contribution in [1.29, 1.82) is 0 Å². The van der Waals surface area contributed by atoms with Gasteiger partial charge in [-0.1, -0.05) is 24.3 Å². The van der Waals surface area contributed by atoms with Gasteiger partial charge in [0.2, 0.25) is 5.91 Å². The van der Waals surface area contributed by atoms with Crippen molar-refractivity contribution in [1.82, 2.24) is 10.6 Å². The zero-order valence-electron chi connectivity index (χ0n) is 19.0. The molecular formula is C24H33IN4O3. The Kier molecular flexibility index (Phi) is 10.6. The Morgan fingerprint density at radius 3 is 2.56 bits per heavy atom. The normalized spacial score (nSPS) is 12.6. The summed E-state index contributed by atoms with van der Waals surface area (Å²) in [6, 6.07) is 14.1. The minimum absolute atomic E-state index is 0. The molecule has 8 heteroatoms. The minimum atomic E-state index is 0. The van der Waals surface area contributed by atoms with E-state index in [-0.39, 0.29) is 36.4 Å². The molecule has 0 saturated heterocycles. The lowest BCUT2D eigenvalue weighted by Crippen LogP contribution is -2.44. The average molecular weight is 552 g/mol. The van der Waals surface area contributed by atoms with Crippen LogP contribution in [0.25, 0.3) is 0 Å². The molecule has 0 fully saturated rings. The Balaban J connectivity index is 0.00000363. The SMILES string of the molecule is CCOc1ccc(CCNC(=NC)NCC(=O)N2CCc3ccccc32)cc1OCC.I. The molecule has 0 radical (unpaired) electrons. The summed E-state index contributed by atoms with van der Waals surface area (Å²) in [5.41, 5.74) is 3.37. The lowest BCUT2D eigenvalue weighted by atomic mass is 10.1. The van der Waals surface area contributed by atoms with E-state index in [0.717, 1.165) is 42.1 Å². The number of carbonyl (C=O) groups is 1. The van der Waals surface area contributed by atoms with Gasteiger partial charge in [0.1, 0.15) is 0 Å². The predicted octanol–water partition coefficient (Wildman–Crippen LogP) is 3.40. The first-order chi connectivity index (χ1) is 15.2. The highest BCUT2D eigenvalue weighted by Gasteiger charge is 2.23. The molecule has 2 aromatic rings. The molecule has 0 atom stereocenters. The van der Waals surface area contributed by atoms with Crippen LogP contribution in [0.2, 0.25) is 0 Å². The van der Waals surface area contributed by atoms with Gasteiger partial charge < -0.3 is 25.0 Å². The summed E-state index contributed by atoms with van der Waals surface area (Å²) in [5, 5.41) is 6.39. The van der Waals surface area contributed by atoms with Gasteiger partial charge in [0.15, 0.2) is 17.5 Å². The number of nitrogens with zero attached hydrogens (tertiary/aromatic N) is 2. The third-order valence-electron chi connectivity index (χ3n) is 5.13. The van der Waals surface area contributed by atoms with Crippen LogP contribution in [-0.4, -0.2) is 51.8 Å². The molecule has 0 aliphatic carbocycles. The average Bonchev–Trinajstić information content (AvgIpc) is 3.22. The van der Waals surface area contributed by atoms with Crippen LogP contribution in [0.4, 0.5) is 5.69 Å². The second-order valence-electron chi connectivity index (χ2n) is 7.17. The number of hydrogen-bond acceptors (Lipinski definition) is 4. The van der Waals surface area contributed by atoms with Crippen molar-refractivity contribution in [3.8, 4) is 11.5 Å². The molecule has 3 rings (SSSR count). The van der Waals surface area contributed by atoms with Gasteiger partial charge in [-0.3, -0.25) is 9.79 Å². The molecular weight excluding hydrogens is 519 g/mol. The van der Waals surface area contributed by atoms with Gasteiger partial charge in [0.05, 0.1) is 19.8 Å². The first-order valence-corrected chi connectivity index (χ1v) is 10.9. The Labute approximate surface area is 207 Å². The third kappa shape index (κ3) is 6.75. The maximum atomic E-state index is 12.7. The summed E-state index contributed by atoms with van der Waals surface area (Å²) < 4.78 is 11.3. The quantitative estimate of drug-likeness (QED) is 0.284. The zero-order valence-corrected chi connectivity index (χ0v) is 21.3. The van der Waals surface area contributed by atoms with Crippen molar-refractivity contribution in [2.24, 2.45) is 4.99 Å². The van der Waals surface area contributed by atoms with E-state index < -0.39 is 0 Å². The molecule has 1 heterocycles. The van der Waals surface area contributed by atoms with Crippen molar-refractivity contribution in [2.75, 3.05) is 44.8 Å². The number of para-hydroxylation sites is 1. The van der Waals surface area contributed by atoms with E-state index in [1.807, 2.05) is 55.1 Å². The molecule has 2 N–H and O–H groups in total. The van der Waals surface area contributed by atoms with E-state index in [1.165, 1.54) is 5.56 Å². The van der Waals surface area contributed by atoms with Crippen LogP contribution in [0.5, 0.6) is 11.5 Å². The fraction of sp³-hybridized carbons (Fsp3) is 0.417. The number of nitrogens with one attached hydrogen (secondary N) is 2. The molecule has 7 nitrogen and oxygen atoms in total. The number of fused-ring (bicyclic) bond motifs is 1. The number of ether oxygens (including phenoxy) is 2. The highest BCUT2D eigenvalue weighted by molar-refractivity contribution is 14.0. The number of rotatable bonds is 9. The molecule has 0 aromatic heterocycles. The molecule has 32 heavy (non-hydrogen) atoms. The highest BCUT2D eigenvalue weighted by Crippen LogP contribution is 2.29. The summed E-state index contributed by atoms with van der Waals surface area (Å²) in [7, 11) is 1.70. The lowest BCUT2D eigenvalue weighted by Gasteiger charge is -2.19. The van der Waals surface area contributed by atoms with E-state index in [1.54, 1.807) is 7.05 Å². The summed E-state index contributed by atoms with van der Waals surface area (Å²) in [6.45, 7) is 6.72. The lowest BCUT2D eigenvalue weighted by molar-refractivity contribution is -0.117. The molecule has 0 bridgehead atoms. The van der Waals surface area contributed by atoms with Gasteiger partial charge in [0, 0.05) is 25.8 Å². The molecule has 0 saturated carbocycles. The largest absolute Gasteiger partial charge is 0.490 e. The second-order valence-corrected chi connectivity index (χ2v) is 7.17. The summed E-state index contributed by atoms with van der Waals surface area (Å²) in [5.74, 6) is 2.18. The van der Waals surface area contributed by atoms with Crippen LogP contribution in [0.1, 0.15) is 25.0 Å². The van der Waals surface area contributed by atoms with Crippen molar-refractivity contribution in [3.05, 3.63) is 53.6 Å². The molecule has 1 aliphatic heterocycles.